The fourth-order valence-corrected chi connectivity index (χ4v) is 3.34. The molecule has 2 nitrogen and oxygen atoms in total. The zero-order valence-electron chi connectivity index (χ0n) is 19.2. The van der Waals surface area contributed by atoms with Gasteiger partial charge in [0.2, 0.25) is 11.7 Å². The summed E-state index contributed by atoms with van der Waals surface area (Å²) in [6.45, 7) is -1.80. The highest BCUT2D eigenvalue weighted by Gasteiger charge is 2.65. The van der Waals surface area contributed by atoms with Crippen molar-refractivity contribution in [3.63, 3.8) is 0 Å². The van der Waals surface area contributed by atoms with Gasteiger partial charge in [-0.1, -0.05) is 0 Å². The van der Waals surface area contributed by atoms with Crippen LogP contribution in [0.4, 0.5) is 88.4 Å². The Bertz CT molecular complexity index is 864. The topological polar surface area (TPSA) is 6.48 Å². The molecule has 0 radical (unpaired) electrons. The molecule has 240 valence electrons. The summed E-state index contributed by atoms with van der Waals surface area (Å²) in [7, 11) is 0. The van der Waals surface area contributed by atoms with Gasteiger partial charge in [0.25, 0.3) is 0 Å². The molecule has 0 spiro atoms. The highest BCUT2D eigenvalue weighted by atomic mass is 19.4. The van der Waals surface area contributed by atoms with Crippen LogP contribution >= 0.6 is 0 Å². The summed E-state index contributed by atoms with van der Waals surface area (Å²) in [5, 5.41) is 0. The summed E-state index contributed by atoms with van der Waals surface area (Å²) >= 11 is 0. The van der Waals surface area contributed by atoms with E-state index in [1.165, 1.54) is 0 Å². The van der Waals surface area contributed by atoms with E-state index in [4.69, 9.17) is 0 Å². The van der Waals surface area contributed by atoms with Crippen LogP contribution in [0.25, 0.3) is 0 Å². The summed E-state index contributed by atoms with van der Waals surface area (Å²) in [6, 6.07) is 0. The van der Waals surface area contributed by atoms with Crippen LogP contribution < -0.4 is 0 Å². The van der Waals surface area contributed by atoms with Crippen molar-refractivity contribution in [3.8, 4) is 0 Å². The summed E-state index contributed by atoms with van der Waals surface area (Å²) in [4.78, 5) is 0.255. The van der Waals surface area contributed by atoms with Gasteiger partial charge in [-0.3, -0.25) is 9.41 Å². The molecule has 0 aromatic rings. The molecule has 0 saturated carbocycles. The van der Waals surface area contributed by atoms with E-state index in [9.17, 15) is 79.0 Å². The van der Waals surface area contributed by atoms with E-state index in [0.717, 1.165) is 0 Å². The molecule has 0 bridgehead atoms. The minimum Gasteiger partial charge on any atom is -0.367 e. The largest absolute Gasteiger partial charge is 0.460 e. The molecule has 2 aliphatic rings. The first-order valence-corrected chi connectivity index (χ1v) is 10.1. The molecule has 0 unspecified atom stereocenters. The molecule has 2 rings (SSSR count). The number of hydrogen-bond acceptors (Lipinski definition) is 2. The van der Waals surface area contributed by atoms with Crippen molar-refractivity contribution in [2.24, 2.45) is 0 Å². The maximum Gasteiger partial charge on any atom is 0.460 e. The van der Waals surface area contributed by atoms with Crippen LogP contribution in [0.5, 0.6) is 0 Å². The first kappa shape index (κ1) is 39.8. The van der Waals surface area contributed by atoms with Crippen LogP contribution in [-0.2, 0) is 0 Å². The Kier molecular flexibility index (Phi) is 13.1. The summed E-state index contributed by atoms with van der Waals surface area (Å²) in [6.07, 6.45) is -23.7. The Morgan fingerprint density at radius 1 is 0.400 bits per heavy atom. The van der Waals surface area contributed by atoms with E-state index >= 15 is 0 Å². The predicted molar refractivity (Wildman–Crippen MR) is 97.0 cm³/mol. The zero-order valence-corrected chi connectivity index (χ0v) is 19.2. The SMILES string of the molecule is F.F.FC(=C(N1CCCC1)C(F)(F)C(F)(F)F)C(F)(F)F.FC(=C(N1CCCC1)C(F)(F)F)C(F)(F)C(F)(F)F. The zero-order chi connectivity index (χ0) is 30.1. The van der Waals surface area contributed by atoms with Gasteiger partial charge < -0.3 is 9.80 Å². The Hall–Kier alpha value is -2.32. The molecule has 22 heteroatoms. The smallest absolute Gasteiger partial charge is 0.367 e. The molecule has 0 aromatic heterocycles. The van der Waals surface area contributed by atoms with Gasteiger partial charge in [0.05, 0.1) is 0 Å². The van der Waals surface area contributed by atoms with Gasteiger partial charge in [-0.25, -0.2) is 4.39 Å². The van der Waals surface area contributed by atoms with E-state index in [1.807, 2.05) is 0 Å². The summed E-state index contributed by atoms with van der Waals surface area (Å²) in [5.74, 6) is -19.0. The Morgan fingerprint density at radius 2 is 0.700 bits per heavy atom. The maximum absolute atomic E-state index is 13.1. The molecule has 40 heavy (non-hydrogen) atoms. The number of rotatable bonds is 4. The van der Waals surface area contributed by atoms with Crippen molar-refractivity contribution in [2.45, 2.75) is 62.2 Å². The number of alkyl halides is 16. The van der Waals surface area contributed by atoms with E-state index < -0.39 is 85.8 Å². The van der Waals surface area contributed by atoms with Crippen molar-refractivity contribution in [1.82, 2.24) is 9.80 Å². The number of halogens is 20. The quantitative estimate of drug-likeness (QED) is 0.285. The lowest BCUT2D eigenvalue weighted by Gasteiger charge is -2.30. The van der Waals surface area contributed by atoms with Crippen LogP contribution in [0, 0.1) is 0 Å². The van der Waals surface area contributed by atoms with Crippen LogP contribution in [0.2, 0.25) is 0 Å². The number of hydrogen-bond donors (Lipinski definition) is 0. The van der Waals surface area contributed by atoms with Crippen molar-refractivity contribution >= 4 is 0 Å². The molecule has 2 aliphatic heterocycles. The number of allylic oxidation sites excluding steroid dienone is 4. The van der Waals surface area contributed by atoms with Gasteiger partial charge in [-0.15, -0.1) is 0 Å². The highest BCUT2D eigenvalue weighted by Crippen LogP contribution is 2.48. The van der Waals surface area contributed by atoms with Crippen molar-refractivity contribution in [3.05, 3.63) is 23.0 Å². The van der Waals surface area contributed by atoms with Gasteiger partial charge in [0, 0.05) is 26.2 Å². The van der Waals surface area contributed by atoms with E-state index in [-0.39, 0.29) is 44.9 Å². The minimum atomic E-state index is -6.42. The van der Waals surface area contributed by atoms with Crippen LogP contribution in [-0.4, -0.2) is 72.5 Å². The third-order valence-electron chi connectivity index (χ3n) is 5.06. The number of likely N-dealkylation sites (tertiary alicyclic amines) is 2. The predicted octanol–water partition coefficient (Wildman–Crippen LogP) is 8.35. The van der Waals surface area contributed by atoms with Crippen LogP contribution in [0.3, 0.4) is 0 Å². The second kappa shape index (κ2) is 13.1. The van der Waals surface area contributed by atoms with Gasteiger partial charge in [0.1, 0.15) is 5.70 Å². The van der Waals surface area contributed by atoms with E-state index in [1.54, 1.807) is 0 Å². The first-order valence-electron chi connectivity index (χ1n) is 10.1. The second-order valence-electron chi connectivity index (χ2n) is 7.85. The Labute approximate surface area is 211 Å². The number of nitrogens with zero attached hydrogens (tertiary/aromatic N) is 2. The molecular formula is C18H18F20N2. The third kappa shape index (κ3) is 8.84. The molecular weight excluding hydrogens is 624 g/mol. The minimum absolute atomic E-state index is 0. The average molecular weight is 642 g/mol. The Balaban J connectivity index is 0. The molecule has 2 heterocycles. The lowest BCUT2D eigenvalue weighted by molar-refractivity contribution is -0.273. The lowest BCUT2D eigenvalue weighted by Crippen LogP contribution is -2.45. The summed E-state index contributed by atoms with van der Waals surface area (Å²) in [5.41, 5.74) is -5.20. The third-order valence-corrected chi connectivity index (χ3v) is 5.06. The first-order chi connectivity index (χ1) is 16.8. The Morgan fingerprint density at radius 3 is 0.950 bits per heavy atom. The fraction of sp³-hybridized carbons (Fsp3) is 0.778. The maximum atomic E-state index is 13.1. The van der Waals surface area contributed by atoms with Gasteiger partial charge in [-0.05, 0) is 25.7 Å². The second-order valence-corrected chi connectivity index (χ2v) is 7.85. The van der Waals surface area contributed by atoms with Crippen molar-refractivity contribution < 1.29 is 88.4 Å². The van der Waals surface area contributed by atoms with Gasteiger partial charge >= 0.3 is 36.6 Å². The molecule has 0 N–H and O–H groups in total. The normalized spacial score (nSPS) is 18.8. The molecule has 0 aliphatic carbocycles. The van der Waals surface area contributed by atoms with Gasteiger partial charge in [-0.2, -0.15) is 74.6 Å². The molecule has 0 atom stereocenters. The monoisotopic (exact) mass is 642 g/mol. The highest BCUT2D eigenvalue weighted by molar-refractivity contribution is 5.23. The molecule has 0 amide bonds. The molecule has 0 aromatic carbocycles. The van der Waals surface area contributed by atoms with Crippen molar-refractivity contribution in [1.29, 1.82) is 0 Å². The molecule has 2 fully saturated rings. The van der Waals surface area contributed by atoms with Crippen molar-refractivity contribution in [2.75, 3.05) is 26.2 Å². The van der Waals surface area contributed by atoms with E-state index in [2.05, 4.69) is 0 Å². The van der Waals surface area contributed by atoms with Crippen LogP contribution in [0.1, 0.15) is 25.7 Å². The summed E-state index contributed by atoms with van der Waals surface area (Å²) < 4.78 is 224. The lowest BCUT2D eigenvalue weighted by atomic mass is 10.1. The van der Waals surface area contributed by atoms with Crippen LogP contribution in [0.15, 0.2) is 23.0 Å². The average Bonchev–Trinajstić information content (AvgIpc) is 3.39. The fourth-order valence-electron chi connectivity index (χ4n) is 3.34. The van der Waals surface area contributed by atoms with E-state index in [0.29, 0.717) is 0 Å². The van der Waals surface area contributed by atoms with Gasteiger partial charge in [0.15, 0.2) is 5.70 Å². The standard InChI is InChI=1S/2C9H8F9N.2FH/c10-5(8(13,14)15)6(19-3-1-2-4-19)7(11,12)9(16,17)18;10-5(7(11,12)9(16,17)18)6(8(13,14)15)19-3-1-2-4-19;;/h2*1-4H2;2*1H. The molecule has 2 saturated heterocycles.